The van der Waals surface area contributed by atoms with Crippen molar-refractivity contribution in [2.24, 2.45) is 4.99 Å². The molecule has 0 amide bonds. The molecule has 0 unspecified atom stereocenters. The lowest BCUT2D eigenvalue weighted by Crippen LogP contribution is -2.40. The summed E-state index contributed by atoms with van der Waals surface area (Å²) < 4.78 is 34.6. The fourth-order valence-corrected chi connectivity index (χ4v) is 6.89. The maximum absolute atomic E-state index is 12.8. The predicted molar refractivity (Wildman–Crippen MR) is 142 cm³/mol. The number of aliphatic imine (C=N–C) groups is 1. The summed E-state index contributed by atoms with van der Waals surface area (Å²) >= 11 is 3.26. The summed E-state index contributed by atoms with van der Waals surface area (Å²) in [5.41, 5.74) is 11.7. The fourth-order valence-electron chi connectivity index (χ4n) is 4.10. The lowest BCUT2D eigenvalue weighted by atomic mass is 10.2. The van der Waals surface area contributed by atoms with Crippen molar-refractivity contribution in [2.75, 3.05) is 26.3 Å². The number of thioether (sulfide) groups is 1. The Morgan fingerprint density at radius 3 is 2.51 bits per heavy atom. The van der Waals surface area contributed by atoms with Gasteiger partial charge in [0.05, 0.1) is 36.0 Å². The summed E-state index contributed by atoms with van der Waals surface area (Å²) in [6, 6.07) is 13.1. The van der Waals surface area contributed by atoms with Gasteiger partial charge < -0.3 is 9.30 Å². The van der Waals surface area contributed by atoms with Gasteiger partial charge in [0.2, 0.25) is 10.0 Å². The number of ether oxygens (including phenoxy) is 1. The quantitative estimate of drug-likeness (QED) is 0.501. The number of hydrogen-bond acceptors (Lipinski definition) is 7. The van der Waals surface area contributed by atoms with E-state index in [0.717, 1.165) is 17.8 Å². The molecule has 0 bridgehead atoms. The van der Waals surface area contributed by atoms with E-state index in [1.165, 1.54) is 32.3 Å². The first kappa shape index (κ1) is 24.1. The Bertz CT molecular complexity index is 1350. The number of rotatable bonds is 6. The van der Waals surface area contributed by atoms with Crippen molar-refractivity contribution in [3.63, 3.8) is 0 Å². The van der Waals surface area contributed by atoms with Crippen LogP contribution in [0.5, 0.6) is 0 Å². The van der Waals surface area contributed by atoms with Crippen LogP contribution >= 0.6 is 23.1 Å². The van der Waals surface area contributed by atoms with Crippen LogP contribution in [0.25, 0.3) is 5.70 Å². The fraction of sp³-hybridized carbons (Fsp3) is 0.292. The van der Waals surface area contributed by atoms with Crippen LogP contribution in [0.3, 0.4) is 0 Å². The van der Waals surface area contributed by atoms with Gasteiger partial charge in [0.25, 0.3) is 0 Å². The van der Waals surface area contributed by atoms with Crippen molar-refractivity contribution in [3.8, 4) is 0 Å². The molecule has 4 heterocycles. The minimum atomic E-state index is -3.51. The van der Waals surface area contributed by atoms with Crippen LogP contribution in [0, 0.1) is 13.8 Å². The first-order valence-corrected chi connectivity index (χ1v) is 14.5. The molecule has 0 atom stereocenters. The van der Waals surface area contributed by atoms with E-state index in [1.54, 1.807) is 35.6 Å². The van der Waals surface area contributed by atoms with Crippen LogP contribution in [0.2, 0.25) is 0 Å². The van der Waals surface area contributed by atoms with Gasteiger partial charge in [-0.25, -0.2) is 13.4 Å². The summed E-state index contributed by atoms with van der Waals surface area (Å²) in [5.74, 6) is 0. The molecule has 0 aliphatic carbocycles. The van der Waals surface area contributed by atoms with E-state index in [9.17, 15) is 8.42 Å². The highest BCUT2D eigenvalue weighted by Crippen LogP contribution is 2.28. The molecule has 0 radical (unpaired) electrons. The summed E-state index contributed by atoms with van der Waals surface area (Å²) in [4.78, 5) is 6.20. The van der Waals surface area contributed by atoms with E-state index in [1.807, 2.05) is 5.41 Å². The number of aryl methyl sites for hydroxylation is 1. The molecule has 2 aromatic heterocycles. The van der Waals surface area contributed by atoms with E-state index in [-0.39, 0.29) is 4.90 Å². The highest BCUT2D eigenvalue weighted by atomic mass is 32.2. The number of amidine groups is 1. The molecule has 2 N–H and O–H groups in total. The van der Waals surface area contributed by atoms with Crippen LogP contribution < -0.4 is 10.9 Å². The topological polar surface area (TPSA) is 88.0 Å². The molecule has 0 saturated carbocycles. The van der Waals surface area contributed by atoms with Crippen molar-refractivity contribution >= 4 is 49.7 Å². The Kier molecular flexibility index (Phi) is 7.03. The van der Waals surface area contributed by atoms with Crippen LogP contribution in [0.4, 0.5) is 5.69 Å². The second-order valence-corrected chi connectivity index (χ2v) is 12.1. The Balaban J connectivity index is 1.28. The molecular weight excluding hydrogens is 502 g/mol. The van der Waals surface area contributed by atoms with E-state index in [4.69, 9.17) is 4.74 Å². The molecule has 2 aliphatic rings. The molecule has 1 saturated heterocycles. The van der Waals surface area contributed by atoms with Crippen molar-refractivity contribution in [2.45, 2.75) is 25.3 Å². The lowest BCUT2D eigenvalue weighted by molar-refractivity contribution is 0.0730. The lowest BCUT2D eigenvalue weighted by Gasteiger charge is -2.26. The van der Waals surface area contributed by atoms with E-state index >= 15 is 0 Å². The third kappa shape index (κ3) is 5.19. The van der Waals surface area contributed by atoms with Gasteiger partial charge in [0.1, 0.15) is 0 Å². The zero-order valence-electron chi connectivity index (χ0n) is 19.5. The third-order valence-electron chi connectivity index (χ3n) is 6.03. The molecule has 5 rings (SSSR count). The monoisotopic (exact) mass is 529 g/mol. The largest absolute Gasteiger partial charge is 0.379 e. The highest BCUT2D eigenvalue weighted by Gasteiger charge is 2.26. The Labute approximate surface area is 213 Å². The van der Waals surface area contributed by atoms with Gasteiger partial charge in [-0.05, 0) is 55.6 Å². The van der Waals surface area contributed by atoms with Crippen molar-refractivity contribution in [1.29, 1.82) is 0 Å². The predicted octanol–water partition coefficient (Wildman–Crippen LogP) is 4.06. The van der Waals surface area contributed by atoms with Gasteiger partial charge in [0.15, 0.2) is 5.17 Å². The standard InChI is InChI=1S/C24H27N5O3S3/c1-17-14-22(18(2)29(17)15-20-4-3-13-33-20)23-16-34-24(27-26-23)25-19-5-7-21(8-6-19)35(30,31)28-9-11-32-12-10-28/h3-8,13-14,16,26H,9-12,15H2,1-2H3,(H,25,27). The molecule has 35 heavy (non-hydrogen) atoms. The molecule has 1 aromatic carbocycles. The van der Waals surface area contributed by atoms with Gasteiger partial charge in [-0.15, -0.1) is 11.3 Å². The zero-order chi connectivity index (χ0) is 24.4. The zero-order valence-corrected chi connectivity index (χ0v) is 22.0. The second kappa shape index (κ2) is 10.2. The number of morpholine rings is 1. The van der Waals surface area contributed by atoms with Gasteiger partial charge >= 0.3 is 0 Å². The van der Waals surface area contributed by atoms with Crippen molar-refractivity contribution in [3.05, 3.63) is 75.1 Å². The molecule has 1 fully saturated rings. The normalized spacial score (nSPS) is 18.2. The van der Waals surface area contributed by atoms with Gasteiger partial charge in [0, 0.05) is 40.3 Å². The number of hydrogen-bond donors (Lipinski definition) is 2. The van der Waals surface area contributed by atoms with E-state index < -0.39 is 10.0 Å². The second-order valence-electron chi connectivity index (χ2n) is 8.28. The van der Waals surface area contributed by atoms with Gasteiger partial charge in [-0.3, -0.25) is 10.9 Å². The Hall–Kier alpha value is -2.57. The van der Waals surface area contributed by atoms with Crippen molar-refractivity contribution < 1.29 is 13.2 Å². The van der Waals surface area contributed by atoms with Gasteiger partial charge in [-0.1, -0.05) is 17.8 Å². The summed E-state index contributed by atoms with van der Waals surface area (Å²) in [6.45, 7) is 6.74. The first-order chi connectivity index (χ1) is 16.9. The molecule has 184 valence electrons. The molecular formula is C24H27N5O3S3. The maximum Gasteiger partial charge on any atom is 0.243 e. The number of sulfonamides is 1. The molecule has 3 aromatic rings. The van der Waals surface area contributed by atoms with Gasteiger partial charge in [-0.2, -0.15) is 4.31 Å². The number of benzene rings is 1. The number of thiophene rings is 1. The molecule has 11 heteroatoms. The molecule has 2 aliphatic heterocycles. The average molecular weight is 530 g/mol. The van der Waals surface area contributed by atoms with Crippen LogP contribution in [-0.4, -0.2) is 48.8 Å². The Morgan fingerprint density at radius 2 is 1.86 bits per heavy atom. The minimum Gasteiger partial charge on any atom is -0.379 e. The molecule has 8 nitrogen and oxygen atoms in total. The first-order valence-electron chi connectivity index (χ1n) is 11.3. The summed E-state index contributed by atoms with van der Waals surface area (Å²) in [5, 5.41) is 4.84. The number of hydrazine groups is 1. The average Bonchev–Trinajstić information content (AvgIpc) is 3.49. The smallest absolute Gasteiger partial charge is 0.243 e. The summed E-state index contributed by atoms with van der Waals surface area (Å²) in [7, 11) is -3.51. The SMILES string of the molecule is Cc1cc(C2=CSC(=Nc3ccc(S(=O)(=O)N4CCOCC4)cc3)NN2)c(C)n1Cc1cccs1. The number of aromatic nitrogens is 1. The minimum absolute atomic E-state index is 0.269. The van der Waals surface area contributed by atoms with E-state index in [0.29, 0.717) is 37.2 Å². The number of nitrogens with one attached hydrogen (secondary N) is 2. The van der Waals surface area contributed by atoms with Crippen LogP contribution in [-0.2, 0) is 21.3 Å². The summed E-state index contributed by atoms with van der Waals surface area (Å²) in [6.07, 6.45) is 0. The molecule has 0 spiro atoms. The Morgan fingerprint density at radius 1 is 1.09 bits per heavy atom. The maximum atomic E-state index is 12.8. The van der Waals surface area contributed by atoms with Crippen LogP contribution in [0.1, 0.15) is 21.8 Å². The van der Waals surface area contributed by atoms with E-state index in [2.05, 4.69) is 57.8 Å². The third-order valence-corrected chi connectivity index (χ3v) is 9.57. The highest BCUT2D eigenvalue weighted by molar-refractivity contribution is 8.16. The number of nitrogens with zero attached hydrogens (tertiary/aromatic N) is 3. The van der Waals surface area contributed by atoms with Crippen molar-refractivity contribution in [1.82, 2.24) is 19.7 Å². The van der Waals surface area contributed by atoms with Crippen LogP contribution in [0.15, 0.2) is 63.1 Å².